The number of aliphatic hydroxyl groups is 1. The average Bonchev–Trinajstić information content (AvgIpc) is 2.21. The Labute approximate surface area is 92.3 Å². The van der Waals surface area contributed by atoms with Crippen molar-refractivity contribution in [2.75, 3.05) is 7.05 Å². The number of likely N-dealkylation sites (N-methyl/N-ethyl adjacent to an activating group) is 1. The molecule has 15 heavy (non-hydrogen) atoms. The lowest BCUT2D eigenvalue weighted by Gasteiger charge is -2.19. The molecule has 1 rings (SSSR count). The molecule has 0 aliphatic heterocycles. The normalized spacial score (nSPS) is 14.9. The molecule has 0 spiro atoms. The number of nitrogens with one attached hydrogen (secondary N) is 1. The van der Waals surface area contributed by atoms with Gasteiger partial charge in [0.05, 0.1) is 12.1 Å². The van der Waals surface area contributed by atoms with Crippen molar-refractivity contribution in [3.8, 4) is 0 Å². The SMILES string of the molecule is CCCc1ccc(C(NC)C(C)O)cc1. The fourth-order valence-electron chi connectivity index (χ4n) is 1.87. The zero-order chi connectivity index (χ0) is 11.3. The maximum Gasteiger partial charge on any atom is 0.0706 e. The molecule has 0 bridgehead atoms. The quantitative estimate of drug-likeness (QED) is 0.776. The van der Waals surface area contributed by atoms with Gasteiger partial charge in [0.15, 0.2) is 0 Å². The second-order valence-electron chi connectivity index (χ2n) is 4.00. The Morgan fingerprint density at radius 1 is 1.27 bits per heavy atom. The summed E-state index contributed by atoms with van der Waals surface area (Å²) in [6.07, 6.45) is 1.93. The summed E-state index contributed by atoms with van der Waals surface area (Å²) in [4.78, 5) is 0. The summed E-state index contributed by atoms with van der Waals surface area (Å²) >= 11 is 0. The van der Waals surface area contributed by atoms with Gasteiger partial charge in [-0.3, -0.25) is 0 Å². The summed E-state index contributed by atoms with van der Waals surface area (Å²) in [5.41, 5.74) is 2.51. The summed E-state index contributed by atoms with van der Waals surface area (Å²) in [5, 5.41) is 12.7. The minimum atomic E-state index is -0.368. The molecule has 0 aliphatic rings. The van der Waals surface area contributed by atoms with E-state index in [0.717, 1.165) is 12.0 Å². The number of hydrogen-bond acceptors (Lipinski definition) is 2. The van der Waals surface area contributed by atoms with Gasteiger partial charge in [-0.2, -0.15) is 0 Å². The van der Waals surface area contributed by atoms with Crippen LogP contribution < -0.4 is 5.32 Å². The van der Waals surface area contributed by atoms with Gasteiger partial charge in [-0.1, -0.05) is 37.6 Å². The van der Waals surface area contributed by atoms with Gasteiger partial charge in [0.25, 0.3) is 0 Å². The van der Waals surface area contributed by atoms with Gasteiger partial charge in [0.2, 0.25) is 0 Å². The van der Waals surface area contributed by atoms with Gasteiger partial charge in [-0.05, 0) is 31.5 Å². The maximum absolute atomic E-state index is 9.58. The Kier molecular flexibility index (Phi) is 4.79. The lowest BCUT2D eigenvalue weighted by molar-refractivity contribution is 0.150. The molecular formula is C13H21NO. The number of hydrogen-bond donors (Lipinski definition) is 2. The fourth-order valence-corrected chi connectivity index (χ4v) is 1.87. The standard InChI is InChI=1S/C13H21NO/c1-4-5-11-6-8-12(9-7-11)13(14-3)10(2)15/h6-10,13-15H,4-5H2,1-3H3. The molecule has 0 amide bonds. The lowest BCUT2D eigenvalue weighted by Crippen LogP contribution is -2.26. The number of aliphatic hydroxyl groups excluding tert-OH is 1. The van der Waals surface area contributed by atoms with Crippen LogP contribution in [0.1, 0.15) is 37.4 Å². The molecule has 1 aromatic carbocycles. The summed E-state index contributed by atoms with van der Waals surface area (Å²) < 4.78 is 0. The second-order valence-corrected chi connectivity index (χ2v) is 4.00. The highest BCUT2D eigenvalue weighted by Gasteiger charge is 2.14. The first-order chi connectivity index (χ1) is 7.19. The Bertz CT molecular complexity index is 279. The number of aryl methyl sites for hydroxylation is 1. The molecule has 0 aliphatic carbocycles. The Morgan fingerprint density at radius 3 is 2.27 bits per heavy atom. The van der Waals surface area contributed by atoms with Crippen LogP contribution in [0.25, 0.3) is 0 Å². The highest BCUT2D eigenvalue weighted by Crippen LogP contribution is 2.17. The Hall–Kier alpha value is -0.860. The highest BCUT2D eigenvalue weighted by molar-refractivity contribution is 5.25. The first-order valence-electron chi connectivity index (χ1n) is 5.63. The number of benzene rings is 1. The predicted octanol–water partition coefficient (Wildman–Crippen LogP) is 2.28. The molecule has 0 heterocycles. The van der Waals surface area contributed by atoms with E-state index >= 15 is 0 Å². The summed E-state index contributed by atoms with van der Waals surface area (Å²) in [5.74, 6) is 0. The summed E-state index contributed by atoms with van der Waals surface area (Å²) in [6.45, 7) is 3.99. The smallest absolute Gasteiger partial charge is 0.0706 e. The third-order valence-electron chi connectivity index (χ3n) is 2.67. The van der Waals surface area contributed by atoms with Crippen LogP contribution in [0.4, 0.5) is 0 Å². The van der Waals surface area contributed by atoms with Crippen LogP contribution in [0, 0.1) is 0 Å². The van der Waals surface area contributed by atoms with Crippen molar-refractivity contribution < 1.29 is 5.11 Å². The summed E-state index contributed by atoms with van der Waals surface area (Å²) in [7, 11) is 1.87. The van der Waals surface area contributed by atoms with Gasteiger partial charge >= 0.3 is 0 Å². The molecule has 0 saturated heterocycles. The minimum absolute atomic E-state index is 0.0284. The highest BCUT2D eigenvalue weighted by atomic mass is 16.3. The Morgan fingerprint density at radius 2 is 1.87 bits per heavy atom. The Balaban J connectivity index is 2.77. The third kappa shape index (κ3) is 3.33. The van der Waals surface area contributed by atoms with E-state index in [9.17, 15) is 5.11 Å². The van der Waals surface area contributed by atoms with Crippen LogP contribution in [0.3, 0.4) is 0 Å². The van der Waals surface area contributed by atoms with E-state index in [1.165, 1.54) is 12.0 Å². The molecule has 0 saturated carbocycles. The van der Waals surface area contributed by atoms with E-state index < -0.39 is 0 Å². The van der Waals surface area contributed by atoms with Crippen LogP contribution in [0.2, 0.25) is 0 Å². The largest absolute Gasteiger partial charge is 0.391 e. The first-order valence-corrected chi connectivity index (χ1v) is 5.63. The second kappa shape index (κ2) is 5.89. The molecule has 2 N–H and O–H groups in total. The van der Waals surface area contributed by atoms with E-state index in [-0.39, 0.29) is 12.1 Å². The molecule has 1 aromatic rings. The van der Waals surface area contributed by atoms with Crippen molar-refractivity contribution >= 4 is 0 Å². The van der Waals surface area contributed by atoms with Crippen molar-refractivity contribution in [2.45, 2.75) is 38.8 Å². The average molecular weight is 207 g/mol. The fraction of sp³-hybridized carbons (Fsp3) is 0.538. The summed E-state index contributed by atoms with van der Waals surface area (Å²) in [6, 6.07) is 8.51. The first kappa shape index (κ1) is 12.2. The minimum Gasteiger partial charge on any atom is -0.391 e. The van der Waals surface area contributed by atoms with E-state index in [1.54, 1.807) is 6.92 Å². The van der Waals surface area contributed by atoms with Gasteiger partial charge in [-0.15, -0.1) is 0 Å². The molecule has 2 nitrogen and oxygen atoms in total. The van der Waals surface area contributed by atoms with E-state index in [2.05, 4.69) is 36.5 Å². The van der Waals surface area contributed by atoms with Gasteiger partial charge in [-0.25, -0.2) is 0 Å². The van der Waals surface area contributed by atoms with Crippen LogP contribution in [0.15, 0.2) is 24.3 Å². The van der Waals surface area contributed by atoms with Crippen LogP contribution in [-0.4, -0.2) is 18.3 Å². The van der Waals surface area contributed by atoms with Crippen molar-refractivity contribution in [3.63, 3.8) is 0 Å². The van der Waals surface area contributed by atoms with Crippen molar-refractivity contribution in [2.24, 2.45) is 0 Å². The predicted molar refractivity (Wildman–Crippen MR) is 63.9 cm³/mol. The van der Waals surface area contributed by atoms with Gasteiger partial charge in [0.1, 0.15) is 0 Å². The van der Waals surface area contributed by atoms with Crippen LogP contribution >= 0.6 is 0 Å². The van der Waals surface area contributed by atoms with Crippen molar-refractivity contribution in [3.05, 3.63) is 35.4 Å². The third-order valence-corrected chi connectivity index (χ3v) is 2.67. The van der Waals surface area contributed by atoms with Gasteiger partial charge in [0, 0.05) is 0 Å². The zero-order valence-electron chi connectivity index (χ0n) is 9.83. The van der Waals surface area contributed by atoms with Gasteiger partial charge < -0.3 is 10.4 Å². The molecule has 0 radical (unpaired) electrons. The van der Waals surface area contributed by atoms with E-state index in [4.69, 9.17) is 0 Å². The molecule has 2 unspecified atom stereocenters. The molecule has 0 fully saturated rings. The van der Waals surface area contributed by atoms with Crippen LogP contribution in [0.5, 0.6) is 0 Å². The molecule has 84 valence electrons. The number of rotatable bonds is 5. The van der Waals surface area contributed by atoms with Crippen LogP contribution in [-0.2, 0) is 6.42 Å². The van der Waals surface area contributed by atoms with Crippen molar-refractivity contribution in [1.29, 1.82) is 0 Å². The monoisotopic (exact) mass is 207 g/mol. The van der Waals surface area contributed by atoms with E-state index in [0.29, 0.717) is 0 Å². The molecular weight excluding hydrogens is 186 g/mol. The molecule has 2 atom stereocenters. The zero-order valence-corrected chi connectivity index (χ0v) is 9.83. The lowest BCUT2D eigenvalue weighted by atomic mass is 10.00. The molecule has 0 aromatic heterocycles. The molecule has 2 heteroatoms. The topological polar surface area (TPSA) is 32.3 Å². The van der Waals surface area contributed by atoms with Crippen molar-refractivity contribution in [1.82, 2.24) is 5.32 Å². The van der Waals surface area contributed by atoms with E-state index in [1.807, 2.05) is 7.05 Å². The maximum atomic E-state index is 9.58.